The van der Waals surface area contributed by atoms with E-state index in [1.54, 1.807) is 6.07 Å². The summed E-state index contributed by atoms with van der Waals surface area (Å²) in [7, 11) is 3.99. The molecule has 2 N–H and O–H groups in total. The second-order valence-corrected chi connectivity index (χ2v) is 9.39. The molecule has 0 unspecified atom stereocenters. The fourth-order valence-electron chi connectivity index (χ4n) is 4.62. The Morgan fingerprint density at radius 2 is 1.53 bits per heavy atom. The van der Waals surface area contributed by atoms with Gasteiger partial charge >= 0.3 is 0 Å². The number of ether oxygens (including phenoxy) is 1. The van der Waals surface area contributed by atoms with E-state index in [2.05, 4.69) is 10.6 Å². The number of fused-ring (bicyclic) bond motifs is 1. The zero-order valence-electron chi connectivity index (χ0n) is 20.6. The molecule has 36 heavy (non-hydrogen) atoms. The molecule has 3 aromatic carbocycles. The van der Waals surface area contributed by atoms with Gasteiger partial charge in [-0.15, -0.1) is 0 Å². The highest BCUT2D eigenvalue weighted by Crippen LogP contribution is 2.27. The van der Waals surface area contributed by atoms with Crippen LogP contribution in [0.4, 0.5) is 11.8 Å². The summed E-state index contributed by atoms with van der Waals surface area (Å²) in [5.74, 6) is 2.88. The van der Waals surface area contributed by atoms with Crippen LogP contribution < -0.4 is 20.3 Å². The maximum atomic E-state index is 12.9. The van der Waals surface area contributed by atoms with Crippen LogP contribution in [0.5, 0.6) is 11.5 Å². The summed E-state index contributed by atoms with van der Waals surface area (Å²) >= 11 is 0. The molecule has 7 nitrogen and oxygen atoms in total. The summed E-state index contributed by atoms with van der Waals surface area (Å²) in [5.41, 5.74) is 1.53. The molecule has 0 atom stereocenters. The molecule has 1 aliphatic rings. The summed E-state index contributed by atoms with van der Waals surface area (Å²) in [6.07, 6.45) is 3.68. The summed E-state index contributed by atoms with van der Waals surface area (Å²) in [5, 5.41) is 7.76. The molecule has 1 aromatic heterocycles. The van der Waals surface area contributed by atoms with E-state index < -0.39 is 0 Å². The van der Waals surface area contributed by atoms with Crippen molar-refractivity contribution in [3.8, 4) is 11.5 Å². The van der Waals surface area contributed by atoms with E-state index in [1.807, 2.05) is 91.8 Å². The van der Waals surface area contributed by atoms with Gasteiger partial charge in [0.2, 0.25) is 5.95 Å². The summed E-state index contributed by atoms with van der Waals surface area (Å²) in [6.45, 7) is 0. The zero-order valence-corrected chi connectivity index (χ0v) is 20.6. The molecule has 1 saturated carbocycles. The van der Waals surface area contributed by atoms with Crippen LogP contribution in [0.2, 0.25) is 0 Å². The number of benzene rings is 3. The zero-order chi connectivity index (χ0) is 24.9. The standard InChI is InChI=1S/C29H31N5O2/c1-34(2)27-25-13-6-7-14-26(25)32-29(33-27)31-22-17-15-21(16-18-22)30-28(35)20-9-8-12-24(19-20)36-23-10-4-3-5-11-23/h3-14,19,21-22H,15-18H2,1-2H3,(H,30,35)(H,31,32,33). The third-order valence-electron chi connectivity index (χ3n) is 6.48. The molecule has 0 radical (unpaired) electrons. The lowest BCUT2D eigenvalue weighted by Gasteiger charge is -2.30. The van der Waals surface area contributed by atoms with Crippen LogP contribution in [0, 0.1) is 0 Å². The molecule has 1 amide bonds. The quantitative estimate of drug-likeness (QED) is 0.356. The molecule has 5 rings (SSSR count). The van der Waals surface area contributed by atoms with Gasteiger partial charge in [-0.2, -0.15) is 4.98 Å². The second-order valence-electron chi connectivity index (χ2n) is 9.39. The number of aromatic nitrogens is 2. The largest absolute Gasteiger partial charge is 0.457 e. The predicted octanol–water partition coefficient (Wildman–Crippen LogP) is 5.64. The van der Waals surface area contributed by atoms with Crippen LogP contribution >= 0.6 is 0 Å². The lowest BCUT2D eigenvalue weighted by atomic mass is 9.91. The van der Waals surface area contributed by atoms with E-state index in [4.69, 9.17) is 14.7 Å². The maximum absolute atomic E-state index is 12.9. The van der Waals surface area contributed by atoms with Gasteiger partial charge in [0.1, 0.15) is 17.3 Å². The first-order chi connectivity index (χ1) is 17.5. The Labute approximate surface area is 211 Å². The molecule has 4 aromatic rings. The van der Waals surface area contributed by atoms with Crippen molar-refractivity contribution in [1.29, 1.82) is 0 Å². The van der Waals surface area contributed by atoms with Gasteiger partial charge in [-0.25, -0.2) is 4.98 Å². The second kappa shape index (κ2) is 10.6. The van der Waals surface area contributed by atoms with Crippen molar-refractivity contribution in [3.05, 3.63) is 84.4 Å². The third kappa shape index (κ3) is 5.57. The molecular formula is C29H31N5O2. The number of nitrogens with zero attached hydrogens (tertiary/aromatic N) is 3. The number of carbonyl (C=O) groups excluding carboxylic acids is 1. The molecule has 0 saturated heterocycles. The highest BCUT2D eigenvalue weighted by atomic mass is 16.5. The SMILES string of the molecule is CN(C)c1nc(NC2CCC(NC(=O)c3cccc(Oc4ccccc4)c3)CC2)nc2ccccc12. The molecule has 184 valence electrons. The Hall–Kier alpha value is -4.13. The van der Waals surface area contributed by atoms with E-state index in [-0.39, 0.29) is 18.0 Å². The first-order valence-corrected chi connectivity index (χ1v) is 12.4. The molecule has 1 heterocycles. The predicted molar refractivity (Wildman–Crippen MR) is 144 cm³/mol. The van der Waals surface area contributed by atoms with Gasteiger partial charge in [0.25, 0.3) is 5.91 Å². The van der Waals surface area contributed by atoms with Gasteiger partial charge in [0.15, 0.2) is 0 Å². The van der Waals surface area contributed by atoms with Crippen molar-refractivity contribution < 1.29 is 9.53 Å². The van der Waals surface area contributed by atoms with E-state index in [9.17, 15) is 4.79 Å². The summed E-state index contributed by atoms with van der Waals surface area (Å²) in [6, 6.07) is 25.4. The Morgan fingerprint density at radius 1 is 0.833 bits per heavy atom. The first-order valence-electron chi connectivity index (χ1n) is 12.4. The topological polar surface area (TPSA) is 79.4 Å². The van der Waals surface area contributed by atoms with Crippen molar-refractivity contribution >= 4 is 28.6 Å². The first kappa shape index (κ1) is 23.6. The van der Waals surface area contributed by atoms with Crippen LogP contribution in [0.3, 0.4) is 0 Å². The summed E-state index contributed by atoms with van der Waals surface area (Å²) in [4.78, 5) is 24.4. The molecule has 0 aliphatic heterocycles. The average molecular weight is 482 g/mol. The van der Waals surface area contributed by atoms with E-state index in [1.165, 1.54) is 0 Å². The molecule has 7 heteroatoms. The Morgan fingerprint density at radius 3 is 2.31 bits per heavy atom. The normalized spacial score (nSPS) is 17.4. The minimum atomic E-state index is -0.0709. The van der Waals surface area contributed by atoms with Crippen LogP contribution in [0.25, 0.3) is 10.9 Å². The molecule has 1 fully saturated rings. The highest BCUT2D eigenvalue weighted by molar-refractivity contribution is 5.94. The number of hydrogen-bond acceptors (Lipinski definition) is 6. The van der Waals surface area contributed by atoms with E-state index >= 15 is 0 Å². The van der Waals surface area contributed by atoms with Crippen LogP contribution in [0.1, 0.15) is 36.0 Å². The average Bonchev–Trinajstić information content (AvgIpc) is 2.90. The van der Waals surface area contributed by atoms with Gasteiger partial charge in [0.05, 0.1) is 5.52 Å². The lowest BCUT2D eigenvalue weighted by Crippen LogP contribution is -2.40. The minimum Gasteiger partial charge on any atom is -0.457 e. The molecular weight excluding hydrogens is 450 g/mol. The van der Waals surface area contributed by atoms with Crippen molar-refractivity contribution in [3.63, 3.8) is 0 Å². The monoisotopic (exact) mass is 481 g/mol. The Kier molecular flexibility index (Phi) is 6.98. The Bertz CT molecular complexity index is 1330. The van der Waals surface area contributed by atoms with Gasteiger partial charge in [-0.1, -0.05) is 36.4 Å². The molecule has 0 spiro atoms. The smallest absolute Gasteiger partial charge is 0.251 e. The molecule has 0 bridgehead atoms. The van der Waals surface area contributed by atoms with Crippen LogP contribution in [0.15, 0.2) is 78.9 Å². The van der Waals surface area contributed by atoms with Gasteiger partial charge < -0.3 is 20.3 Å². The molecule has 1 aliphatic carbocycles. The number of anilines is 2. The van der Waals surface area contributed by atoms with Crippen molar-refractivity contribution in [2.45, 2.75) is 37.8 Å². The summed E-state index contributed by atoms with van der Waals surface area (Å²) < 4.78 is 5.88. The van der Waals surface area contributed by atoms with Gasteiger partial charge in [-0.05, 0) is 68.1 Å². The van der Waals surface area contributed by atoms with Crippen LogP contribution in [-0.4, -0.2) is 42.1 Å². The van der Waals surface area contributed by atoms with Crippen molar-refractivity contribution in [2.24, 2.45) is 0 Å². The third-order valence-corrected chi connectivity index (χ3v) is 6.48. The highest BCUT2D eigenvalue weighted by Gasteiger charge is 2.24. The number of carbonyl (C=O) groups is 1. The number of para-hydroxylation sites is 2. The number of nitrogens with one attached hydrogen (secondary N) is 2. The van der Waals surface area contributed by atoms with E-state index in [0.29, 0.717) is 17.3 Å². The fraction of sp³-hybridized carbons (Fsp3) is 0.276. The van der Waals surface area contributed by atoms with Gasteiger partial charge in [0, 0.05) is 37.1 Å². The Balaban J connectivity index is 1.17. The fourth-order valence-corrected chi connectivity index (χ4v) is 4.62. The van der Waals surface area contributed by atoms with Crippen molar-refractivity contribution in [2.75, 3.05) is 24.3 Å². The maximum Gasteiger partial charge on any atom is 0.251 e. The van der Waals surface area contributed by atoms with E-state index in [0.717, 1.165) is 48.2 Å². The van der Waals surface area contributed by atoms with Crippen molar-refractivity contribution in [1.82, 2.24) is 15.3 Å². The number of amides is 1. The van der Waals surface area contributed by atoms with Crippen LogP contribution in [-0.2, 0) is 0 Å². The number of hydrogen-bond donors (Lipinski definition) is 2. The van der Waals surface area contributed by atoms with Gasteiger partial charge in [-0.3, -0.25) is 4.79 Å². The number of rotatable bonds is 7. The minimum absolute atomic E-state index is 0.0709. The lowest BCUT2D eigenvalue weighted by molar-refractivity contribution is 0.0926.